The Morgan fingerprint density at radius 1 is 1.24 bits per heavy atom. The van der Waals surface area contributed by atoms with Crippen LogP contribution in [-0.2, 0) is 17.6 Å². The minimum atomic E-state index is -0.0768. The molecule has 0 bridgehead atoms. The van der Waals surface area contributed by atoms with Gasteiger partial charge < -0.3 is 10.3 Å². The summed E-state index contributed by atoms with van der Waals surface area (Å²) in [5, 5.41) is 3.01. The van der Waals surface area contributed by atoms with Gasteiger partial charge in [-0.1, -0.05) is 44.2 Å². The van der Waals surface area contributed by atoms with E-state index in [0.717, 1.165) is 23.2 Å². The summed E-state index contributed by atoms with van der Waals surface area (Å²) >= 11 is 0. The van der Waals surface area contributed by atoms with Gasteiger partial charge in [-0.15, -0.1) is 0 Å². The Kier molecular flexibility index (Phi) is 5.31. The molecule has 0 fully saturated rings. The van der Waals surface area contributed by atoms with E-state index in [9.17, 15) is 9.59 Å². The maximum atomic E-state index is 12.5. The van der Waals surface area contributed by atoms with Gasteiger partial charge in [0.1, 0.15) is 5.82 Å². The highest BCUT2D eigenvalue weighted by Gasteiger charge is 2.25. The fourth-order valence-electron chi connectivity index (χ4n) is 3.23. The Morgan fingerprint density at radius 2 is 1.96 bits per heavy atom. The first-order chi connectivity index (χ1) is 12.0. The molecule has 2 N–H and O–H groups in total. The number of benzene rings is 1. The zero-order valence-corrected chi connectivity index (χ0v) is 14.8. The third-order valence-electron chi connectivity index (χ3n) is 4.68. The van der Waals surface area contributed by atoms with Crippen LogP contribution in [0.15, 0.2) is 35.1 Å². The molecule has 3 rings (SSSR count). The lowest BCUT2D eigenvalue weighted by molar-refractivity contribution is -0.125. The number of nitrogens with one attached hydrogen (secondary N) is 2. The minimum absolute atomic E-state index is 0.0486. The van der Waals surface area contributed by atoms with E-state index in [1.54, 1.807) is 0 Å². The molecule has 2 aromatic rings. The van der Waals surface area contributed by atoms with E-state index in [4.69, 9.17) is 0 Å². The fourth-order valence-corrected chi connectivity index (χ4v) is 3.23. The molecule has 1 aromatic carbocycles. The standard InChI is InChI=1S/C20H25N3O2/c1-13(2)12-21-19(24)15-8-10-16-17(11-9-15)22-18(23-20(16)25)14-6-4-3-5-7-14/h3-7,13,15H,8-12H2,1-2H3,(H,21,24)(H,22,23,25). The number of aromatic amines is 1. The number of hydrogen-bond donors (Lipinski definition) is 2. The van der Waals surface area contributed by atoms with Crippen molar-refractivity contribution in [1.82, 2.24) is 15.3 Å². The van der Waals surface area contributed by atoms with E-state index in [0.29, 0.717) is 37.5 Å². The number of aromatic nitrogens is 2. The Balaban J connectivity index is 1.79. The number of carbonyl (C=O) groups is 1. The van der Waals surface area contributed by atoms with Crippen LogP contribution in [0.5, 0.6) is 0 Å². The number of carbonyl (C=O) groups excluding carboxylic acids is 1. The van der Waals surface area contributed by atoms with Crippen LogP contribution in [0.4, 0.5) is 0 Å². The molecule has 0 saturated heterocycles. The number of aryl methyl sites for hydroxylation is 1. The summed E-state index contributed by atoms with van der Waals surface area (Å²) in [6.07, 6.45) is 2.71. The topological polar surface area (TPSA) is 74.8 Å². The average molecular weight is 339 g/mol. The number of hydrogen-bond acceptors (Lipinski definition) is 3. The maximum absolute atomic E-state index is 12.5. The van der Waals surface area contributed by atoms with Crippen LogP contribution in [-0.4, -0.2) is 22.4 Å². The van der Waals surface area contributed by atoms with E-state index in [2.05, 4.69) is 29.1 Å². The molecule has 0 spiro atoms. The smallest absolute Gasteiger partial charge is 0.254 e. The summed E-state index contributed by atoms with van der Waals surface area (Å²) in [7, 11) is 0. The molecule has 1 aliphatic carbocycles. The van der Waals surface area contributed by atoms with Crippen LogP contribution in [0, 0.1) is 11.8 Å². The van der Waals surface area contributed by atoms with E-state index in [-0.39, 0.29) is 17.4 Å². The predicted octanol–water partition coefficient (Wildman–Crippen LogP) is 2.70. The van der Waals surface area contributed by atoms with Crippen molar-refractivity contribution in [2.24, 2.45) is 11.8 Å². The second-order valence-electron chi connectivity index (χ2n) is 7.12. The third kappa shape index (κ3) is 4.16. The van der Waals surface area contributed by atoms with Gasteiger partial charge in [-0.25, -0.2) is 4.98 Å². The predicted molar refractivity (Wildman–Crippen MR) is 98.3 cm³/mol. The van der Waals surface area contributed by atoms with E-state index in [1.165, 1.54) is 0 Å². The third-order valence-corrected chi connectivity index (χ3v) is 4.68. The van der Waals surface area contributed by atoms with Crippen molar-refractivity contribution in [2.75, 3.05) is 6.54 Å². The molecule has 0 aliphatic heterocycles. The van der Waals surface area contributed by atoms with Gasteiger partial charge >= 0.3 is 0 Å². The van der Waals surface area contributed by atoms with Gasteiger partial charge in [0.25, 0.3) is 5.56 Å². The summed E-state index contributed by atoms with van der Waals surface area (Å²) in [6.45, 7) is 4.86. The molecular weight excluding hydrogens is 314 g/mol. The van der Waals surface area contributed by atoms with Crippen LogP contribution in [0.3, 0.4) is 0 Å². The van der Waals surface area contributed by atoms with Gasteiger partial charge in [-0.05, 0) is 31.6 Å². The van der Waals surface area contributed by atoms with E-state index < -0.39 is 0 Å². The van der Waals surface area contributed by atoms with Gasteiger partial charge in [0.2, 0.25) is 5.91 Å². The molecule has 25 heavy (non-hydrogen) atoms. The lowest BCUT2D eigenvalue weighted by atomic mass is 9.98. The summed E-state index contributed by atoms with van der Waals surface area (Å²) in [5.74, 6) is 1.09. The molecule has 0 saturated carbocycles. The first-order valence-electron chi connectivity index (χ1n) is 8.99. The number of amides is 1. The normalized spacial score (nSPS) is 17.0. The van der Waals surface area contributed by atoms with Crippen LogP contribution in [0.25, 0.3) is 11.4 Å². The van der Waals surface area contributed by atoms with Gasteiger partial charge in [0.05, 0.1) is 5.69 Å². The van der Waals surface area contributed by atoms with Crippen molar-refractivity contribution in [2.45, 2.75) is 39.5 Å². The molecule has 5 heteroatoms. The van der Waals surface area contributed by atoms with Crippen LogP contribution in [0.1, 0.15) is 37.9 Å². The second-order valence-corrected chi connectivity index (χ2v) is 7.12. The van der Waals surface area contributed by atoms with Crippen molar-refractivity contribution in [3.63, 3.8) is 0 Å². The molecule has 1 atom stereocenters. The zero-order chi connectivity index (χ0) is 17.8. The van der Waals surface area contributed by atoms with Crippen molar-refractivity contribution >= 4 is 5.91 Å². The summed E-state index contributed by atoms with van der Waals surface area (Å²) in [4.78, 5) is 32.5. The summed E-state index contributed by atoms with van der Waals surface area (Å²) < 4.78 is 0. The first-order valence-corrected chi connectivity index (χ1v) is 8.99. The number of rotatable bonds is 4. The van der Waals surface area contributed by atoms with Crippen molar-refractivity contribution in [3.8, 4) is 11.4 Å². The van der Waals surface area contributed by atoms with Gasteiger partial charge in [-0.3, -0.25) is 9.59 Å². The number of fused-ring (bicyclic) bond motifs is 1. The molecular formula is C20H25N3O2. The van der Waals surface area contributed by atoms with E-state index in [1.807, 2.05) is 30.3 Å². The molecule has 1 unspecified atom stereocenters. The Labute approximate surface area is 147 Å². The molecule has 132 valence electrons. The molecule has 1 aromatic heterocycles. The highest BCUT2D eigenvalue weighted by molar-refractivity contribution is 5.78. The molecule has 1 amide bonds. The van der Waals surface area contributed by atoms with Gasteiger partial charge in [0.15, 0.2) is 0 Å². The Morgan fingerprint density at radius 3 is 2.68 bits per heavy atom. The van der Waals surface area contributed by atoms with Crippen LogP contribution in [0.2, 0.25) is 0 Å². The lowest BCUT2D eigenvalue weighted by Crippen LogP contribution is -2.33. The second kappa shape index (κ2) is 7.64. The average Bonchev–Trinajstić information content (AvgIpc) is 2.83. The highest BCUT2D eigenvalue weighted by atomic mass is 16.2. The van der Waals surface area contributed by atoms with Crippen LogP contribution >= 0.6 is 0 Å². The van der Waals surface area contributed by atoms with Crippen molar-refractivity contribution in [3.05, 3.63) is 51.9 Å². The summed E-state index contributed by atoms with van der Waals surface area (Å²) in [6, 6.07) is 9.66. The van der Waals surface area contributed by atoms with Crippen LogP contribution < -0.4 is 10.9 Å². The maximum Gasteiger partial charge on any atom is 0.254 e. The lowest BCUT2D eigenvalue weighted by Gasteiger charge is -2.15. The monoisotopic (exact) mass is 339 g/mol. The first kappa shape index (κ1) is 17.4. The highest BCUT2D eigenvalue weighted by Crippen LogP contribution is 2.23. The minimum Gasteiger partial charge on any atom is -0.356 e. The molecule has 5 nitrogen and oxygen atoms in total. The SMILES string of the molecule is CC(C)CNC(=O)C1CCc2nc(-c3ccccc3)[nH]c(=O)c2CC1. The van der Waals surface area contributed by atoms with E-state index >= 15 is 0 Å². The Hall–Kier alpha value is -2.43. The van der Waals surface area contributed by atoms with Gasteiger partial charge in [-0.2, -0.15) is 0 Å². The molecule has 1 heterocycles. The largest absolute Gasteiger partial charge is 0.356 e. The zero-order valence-electron chi connectivity index (χ0n) is 14.8. The summed E-state index contributed by atoms with van der Waals surface area (Å²) in [5.41, 5.74) is 2.39. The number of H-pyrrole nitrogens is 1. The van der Waals surface area contributed by atoms with Crippen molar-refractivity contribution < 1.29 is 4.79 Å². The fraction of sp³-hybridized carbons (Fsp3) is 0.450. The van der Waals surface area contributed by atoms with Gasteiger partial charge in [0, 0.05) is 23.6 Å². The quantitative estimate of drug-likeness (QED) is 0.841. The number of nitrogens with zero attached hydrogens (tertiary/aromatic N) is 1. The molecule has 0 radical (unpaired) electrons. The molecule has 1 aliphatic rings. The van der Waals surface area contributed by atoms with Crippen molar-refractivity contribution in [1.29, 1.82) is 0 Å². The Bertz CT molecular complexity index is 796.